The minimum Gasteiger partial charge on any atom is -0.399 e. The number of rotatable bonds is 2. The summed E-state index contributed by atoms with van der Waals surface area (Å²) in [5.41, 5.74) is 2.86. The van der Waals surface area contributed by atoms with Crippen LogP contribution in [0.2, 0.25) is 0 Å². The lowest BCUT2D eigenvalue weighted by Crippen LogP contribution is -2.45. The van der Waals surface area contributed by atoms with Gasteiger partial charge in [-0.3, -0.25) is 9.88 Å². The molecule has 0 aliphatic carbocycles. The van der Waals surface area contributed by atoms with E-state index in [2.05, 4.69) is 57.9 Å². The number of hydrogen-bond acceptors (Lipinski definition) is 4. The van der Waals surface area contributed by atoms with Crippen molar-refractivity contribution in [3.8, 4) is 0 Å². The van der Waals surface area contributed by atoms with Gasteiger partial charge in [-0.2, -0.15) is 0 Å². The zero-order valence-corrected chi connectivity index (χ0v) is 16.1. The molecule has 1 aromatic rings. The minimum atomic E-state index is -0.336. The smallest absolute Gasteiger partial charge is 0.399 e. The van der Waals surface area contributed by atoms with Gasteiger partial charge in [0.1, 0.15) is 0 Å². The highest BCUT2D eigenvalue weighted by Gasteiger charge is 2.51. The number of nitrogens with zero attached hydrogens (tertiary/aromatic N) is 2. The van der Waals surface area contributed by atoms with Crippen molar-refractivity contribution >= 4 is 18.2 Å². The largest absolute Gasteiger partial charge is 0.496 e. The number of likely N-dealkylation sites (N-methyl/N-ethyl adjacent to an activating group) is 1. The molecule has 134 valence electrons. The number of pyridine rings is 1. The van der Waals surface area contributed by atoms with Gasteiger partial charge in [-0.1, -0.05) is 18.6 Å². The van der Waals surface area contributed by atoms with E-state index in [1.54, 1.807) is 0 Å². The average Bonchev–Trinajstić information content (AvgIpc) is 2.75. The maximum absolute atomic E-state index is 6.13. The number of fused-ring (bicyclic) bond motifs is 2. The molecule has 25 heavy (non-hydrogen) atoms. The Morgan fingerprint density at radius 3 is 2.44 bits per heavy atom. The van der Waals surface area contributed by atoms with Gasteiger partial charge in [-0.25, -0.2) is 0 Å². The summed E-state index contributed by atoms with van der Waals surface area (Å²) in [6, 6.07) is 5.49. The molecular weight excluding hydrogens is 311 g/mol. The molecule has 3 aliphatic heterocycles. The van der Waals surface area contributed by atoms with Crippen LogP contribution in [-0.2, 0) is 9.31 Å². The fourth-order valence-electron chi connectivity index (χ4n) is 4.15. The van der Waals surface area contributed by atoms with Crippen molar-refractivity contribution in [3.05, 3.63) is 30.1 Å². The number of hydrogen-bond donors (Lipinski definition) is 0. The quantitative estimate of drug-likeness (QED) is 0.775. The molecule has 0 aromatic carbocycles. The summed E-state index contributed by atoms with van der Waals surface area (Å²) in [6.07, 6.45) is 9.37. The lowest BCUT2D eigenvalue weighted by Gasteiger charge is -2.42. The summed E-state index contributed by atoms with van der Waals surface area (Å²) in [6.45, 7) is 8.32. The highest BCUT2D eigenvalue weighted by Crippen LogP contribution is 2.37. The second kappa shape index (κ2) is 5.93. The van der Waals surface area contributed by atoms with Gasteiger partial charge in [0.15, 0.2) is 0 Å². The predicted molar refractivity (Wildman–Crippen MR) is 102 cm³/mol. The van der Waals surface area contributed by atoms with Gasteiger partial charge in [0, 0.05) is 23.7 Å². The second-order valence-electron chi connectivity index (χ2n) is 8.78. The molecule has 4 heterocycles. The lowest BCUT2D eigenvalue weighted by atomic mass is 9.79. The molecule has 0 radical (unpaired) electrons. The fourth-order valence-corrected chi connectivity index (χ4v) is 4.15. The Morgan fingerprint density at radius 2 is 1.84 bits per heavy atom. The topological polar surface area (TPSA) is 34.6 Å². The van der Waals surface area contributed by atoms with Crippen molar-refractivity contribution in [2.24, 2.45) is 0 Å². The standard InChI is InChI=1S/C20H29BN2O2/c1-19(2)20(3,4)25-21(24-19)15-9-10-18(22-13-15)14-11-16-7-6-8-17(12-14)23(16)5/h9-11,13,16-17H,6-8,12H2,1-5H3. The Labute approximate surface area is 151 Å². The Kier molecular flexibility index (Phi) is 4.10. The third-order valence-corrected chi connectivity index (χ3v) is 6.63. The van der Waals surface area contributed by atoms with Crippen molar-refractivity contribution < 1.29 is 9.31 Å². The highest BCUT2D eigenvalue weighted by molar-refractivity contribution is 6.62. The summed E-state index contributed by atoms with van der Waals surface area (Å²) in [4.78, 5) is 7.28. The van der Waals surface area contributed by atoms with E-state index in [0.717, 1.165) is 17.6 Å². The first-order valence-electron chi connectivity index (χ1n) is 9.51. The van der Waals surface area contributed by atoms with Crippen LogP contribution in [0, 0.1) is 0 Å². The van der Waals surface area contributed by atoms with Crippen molar-refractivity contribution in [2.75, 3.05) is 7.05 Å². The molecule has 1 aromatic heterocycles. The Bertz CT molecular complexity index is 667. The van der Waals surface area contributed by atoms with Gasteiger partial charge in [0.05, 0.1) is 16.9 Å². The minimum absolute atomic E-state index is 0.315. The van der Waals surface area contributed by atoms with Crippen LogP contribution < -0.4 is 5.46 Å². The summed E-state index contributed by atoms with van der Waals surface area (Å²) in [5.74, 6) is 0. The molecule has 3 aliphatic rings. The van der Waals surface area contributed by atoms with E-state index < -0.39 is 0 Å². The number of aromatic nitrogens is 1. The maximum atomic E-state index is 6.13. The Balaban J connectivity index is 1.54. The molecule has 4 nitrogen and oxygen atoms in total. The van der Waals surface area contributed by atoms with Gasteiger partial charge < -0.3 is 9.31 Å². The SMILES string of the molecule is CN1C2C=C(c3ccc(B4OC(C)(C)C(C)(C)O4)cn3)CC1CCC2. The summed E-state index contributed by atoms with van der Waals surface area (Å²) in [7, 11) is 1.92. The molecule has 0 amide bonds. The van der Waals surface area contributed by atoms with Gasteiger partial charge in [0.2, 0.25) is 0 Å². The van der Waals surface area contributed by atoms with Crippen LogP contribution in [0.25, 0.3) is 5.57 Å². The van der Waals surface area contributed by atoms with E-state index in [1.807, 2.05) is 6.20 Å². The lowest BCUT2D eigenvalue weighted by molar-refractivity contribution is 0.00578. The first-order valence-corrected chi connectivity index (χ1v) is 9.51. The van der Waals surface area contributed by atoms with Crippen molar-refractivity contribution in [1.29, 1.82) is 0 Å². The Morgan fingerprint density at radius 1 is 1.12 bits per heavy atom. The molecule has 2 atom stereocenters. The highest BCUT2D eigenvalue weighted by atomic mass is 16.7. The van der Waals surface area contributed by atoms with Crippen LogP contribution in [0.5, 0.6) is 0 Å². The molecule has 4 rings (SSSR count). The van der Waals surface area contributed by atoms with E-state index >= 15 is 0 Å². The first-order chi connectivity index (χ1) is 11.8. The number of piperidine rings is 1. The molecular formula is C20H29BN2O2. The van der Waals surface area contributed by atoms with Gasteiger partial charge >= 0.3 is 7.12 Å². The van der Waals surface area contributed by atoms with Crippen molar-refractivity contribution in [1.82, 2.24) is 9.88 Å². The average molecular weight is 340 g/mol. The van der Waals surface area contributed by atoms with Crippen LogP contribution >= 0.6 is 0 Å². The van der Waals surface area contributed by atoms with Crippen LogP contribution in [0.3, 0.4) is 0 Å². The van der Waals surface area contributed by atoms with Gasteiger partial charge in [-0.15, -0.1) is 0 Å². The zero-order valence-electron chi connectivity index (χ0n) is 16.1. The zero-order chi connectivity index (χ0) is 17.8. The second-order valence-corrected chi connectivity index (χ2v) is 8.78. The first kappa shape index (κ1) is 17.3. The van der Waals surface area contributed by atoms with E-state index in [-0.39, 0.29) is 18.3 Å². The molecule has 2 saturated heterocycles. The molecule has 0 spiro atoms. The van der Waals surface area contributed by atoms with E-state index in [9.17, 15) is 0 Å². The predicted octanol–water partition coefficient (Wildman–Crippen LogP) is 3.02. The van der Waals surface area contributed by atoms with Crippen LogP contribution in [0.1, 0.15) is 59.1 Å². The molecule has 5 heteroatoms. The summed E-state index contributed by atoms with van der Waals surface area (Å²) < 4.78 is 12.3. The summed E-state index contributed by atoms with van der Waals surface area (Å²) in [5, 5.41) is 0. The third kappa shape index (κ3) is 2.96. The van der Waals surface area contributed by atoms with Crippen molar-refractivity contribution in [2.45, 2.75) is 76.7 Å². The van der Waals surface area contributed by atoms with Crippen molar-refractivity contribution in [3.63, 3.8) is 0 Å². The van der Waals surface area contributed by atoms with E-state index in [0.29, 0.717) is 12.1 Å². The van der Waals surface area contributed by atoms with Crippen LogP contribution in [0.15, 0.2) is 24.4 Å². The third-order valence-electron chi connectivity index (χ3n) is 6.63. The Hall–Kier alpha value is -1.17. The molecule has 2 bridgehead atoms. The molecule has 0 saturated carbocycles. The molecule has 0 N–H and O–H groups in total. The molecule has 2 unspecified atom stereocenters. The van der Waals surface area contributed by atoms with E-state index in [4.69, 9.17) is 14.3 Å². The van der Waals surface area contributed by atoms with Gasteiger partial charge in [-0.05, 0) is 65.6 Å². The van der Waals surface area contributed by atoms with E-state index in [1.165, 1.54) is 24.8 Å². The molecule has 2 fully saturated rings. The normalized spacial score (nSPS) is 31.1. The maximum Gasteiger partial charge on any atom is 0.496 e. The van der Waals surface area contributed by atoms with Crippen LogP contribution in [-0.4, -0.2) is 47.3 Å². The van der Waals surface area contributed by atoms with Crippen LogP contribution in [0.4, 0.5) is 0 Å². The fraction of sp³-hybridized carbons (Fsp3) is 0.650. The monoisotopic (exact) mass is 340 g/mol. The van der Waals surface area contributed by atoms with Gasteiger partial charge in [0.25, 0.3) is 0 Å². The summed E-state index contributed by atoms with van der Waals surface area (Å²) >= 11 is 0.